The number of sulfonamides is 1. The average Bonchev–Trinajstić information content (AvgIpc) is 3.09. The maximum atomic E-state index is 12.6. The zero-order valence-electron chi connectivity index (χ0n) is 15.9. The molecule has 28 heavy (non-hydrogen) atoms. The Morgan fingerprint density at radius 2 is 1.93 bits per heavy atom. The second-order valence-corrected chi connectivity index (χ2v) is 12.4. The van der Waals surface area contributed by atoms with Crippen molar-refractivity contribution in [1.29, 1.82) is 0 Å². The summed E-state index contributed by atoms with van der Waals surface area (Å²) < 4.78 is 51.4. The van der Waals surface area contributed by atoms with Gasteiger partial charge in [0, 0.05) is 16.3 Å². The molecule has 0 aliphatic carbocycles. The van der Waals surface area contributed by atoms with Crippen LogP contribution in [-0.4, -0.2) is 39.6 Å². The van der Waals surface area contributed by atoms with Crippen molar-refractivity contribution in [2.24, 2.45) is 0 Å². The molecule has 0 radical (unpaired) electrons. The average molecular weight is 486 g/mol. The van der Waals surface area contributed by atoms with Crippen LogP contribution in [0, 0.1) is 0 Å². The van der Waals surface area contributed by atoms with E-state index in [1.807, 2.05) is 18.2 Å². The van der Waals surface area contributed by atoms with Crippen LogP contribution in [0.3, 0.4) is 0 Å². The topological polar surface area (TPSA) is 81.7 Å². The fraction of sp³-hybridized carbons (Fsp3) is 0.529. The third-order valence-corrected chi connectivity index (χ3v) is 10.0. The first-order valence-corrected chi connectivity index (χ1v) is 14.6. The summed E-state index contributed by atoms with van der Waals surface area (Å²) in [6.45, 7) is 3.70. The lowest BCUT2D eigenvalue weighted by molar-refractivity contribution is 0.219. The highest BCUT2D eigenvalue weighted by molar-refractivity contribution is 7.98. The molecule has 0 aliphatic rings. The third-order valence-electron chi connectivity index (χ3n) is 3.61. The molecule has 0 aliphatic heterocycles. The smallest absolute Gasteiger partial charge is 0.308 e. The van der Waals surface area contributed by atoms with E-state index < -0.39 is 23.9 Å². The first-order chi connectivity index (χ1) is 13.3. The highest BCUT2D eigenvalue weighted by Crippen LogP contribution is 2.47. The third kappa shape index (κ3) is 6.99. The summed E-state index contributed by atoms with van der Waals surface area (Å²) in [5.41, 5.74) is 1.14. The first kappa shape index (κ1) is 24.2. The van der Waals surface area contributed by atoms with Gasteiger partial charge in [-0.1, -0.05) is 6.07 Å². The first-order valence-electron chi connectivity index (χ1n) is 8.87. The molecule has 6 nitrogen and oxygen atoms in total. The van der Waals surface area contributed by atoms with Crippen LogP contribution in [0.25, 0.3) is 10.1 Å². The van der Waals surface area contributed by atoms with Crippen LogP contribution in [0.4, 0.5) is 0 Å². The van der Waals surface area contributed by atoms with E-state index in [-0.39, 0.29) is 17.4 Å². The Kier molecular flexibility index (Phi) is 9.76. The molecule has 158 valence electrons. The maximum Gasteiger partial charge on any atom is 0.345 e. The standard InChI is InChI=1S/C17H25ClNO5PS3/c1-3-23-25(20,24-4-2)13-19-28(21,22)17-11-15-10-14(6-7-16(15)27-17)12-26-9-5-8-18/h6-7,10-11,19H,3-5,8-9,12-13H2,1-2H3. The molecule has 0 saturated carbocycles. The molecule has 2 rings (SSSR count). The van der Waals surface area contributed by atoms with Gasteiger partial charge in [-0.3, -0.25) is 4.57 Å². The quantitative estimate of drug-likeness (QED) is 0.236. The van der Waals surface area contributed by atoms with Gasteiger partial charge in [0.25, 0.3) is 10.0 Å². The number of thioether (sulfide) groups is 1. The number of hydrogen-bond acceptors (Lipinski definition) is 7. The number of thiophene rings is 1. The lowest BCUT2D eigenvalue weighted by Crippen LogP contribution is -2.25. The largest absolute Gasteiger partial charge is 0.345 e. The van der Waals surface area contributed by atoms with Crippen molar-refractivity contribution in [1.82, 2.24) is 4.72 Å². The molecule has 0 atom stereocenters. The molecule has 0 unspecified atom stereocenters. The van der Waals surface area contributed by atoms with Crippen molar-refractivity contribution in [3.05, 3.63) is 29.8 Å². The number of hydrogen-bond donors (Lipinski definition) is 1. The zero-order valence-corrected chi connectivity index (χ0v) is 20.0. The van der Waals surface area contributed by atoms with Gasteiger partial charge in [-0.2, -0.15) is 16.5 Å². The Morgan fingerprint density at radius 1 is 1.21 bits per heavy atom. The number of benzene rings is 1. The molecule has 0 saturated heterocycles. The molecular weight excluding hydrogens is 461 g/mol. The zero-order chi connectivity index (χ0) is 20.6. The van der Waals surface area contributed by atoms with Crippen LogP contribution in [0.5, 0.6) is 0 Å². The van der Waals surface area contributed by atoms with E-state index in [2.05, 4.69) is 4.72 Å². The van der Waals surface area contributed by atoms with Crippen molar-refractivity contribution >= 4 is 62.4 Å². The number of halogens is 1. The van der Waals surface area contributed by atoms with Crippen molar-refractivity contribution < 1.29 is 22.0 Å². The van der Waals surface area contributed by atoms with E-state index in [9.17, 15) is 13.0 Å². The number of alkyl halides is 1. The molecule has 0 amide bonds. The predicted octanol–water partition coefficient (Wildman–Crippen LogP) is 5.27. The van der Waals surface area contributed by atoms with Gasteiger partial charge in [-0.15, -0.1) is 22.9 Å². The molecule has 0 spiro atoms. The van der Waals surface area contributed by atoms with Gasteiger partial charge in [-0.05, 0) is 55.2 Å². The summed E-state index contributed by atoms with van der Waals surface area (Å²) in [7, 11) is -7.31. The van der Waals surface area contributed by atoms with E-state index in [1.54, 1.807) is 31.7 Å². The van der Waals surface area contributed by atoms with Gasteiger partial charge < -0.3 is 9.05 Å². The number of rotatable bonds is 13. The van der Waals surface area contributed by atoms with Crippen molar-refractivity contribution in [2.75, 3.05) is 31.1 Å². The molecule has 1 aromatic heterocycles. The summed E-state index contributed by atoms with van der Waals surface area (Å²) in [5, 5.41) is 0.874. The van der Waals surface area contributed by atoms with Crippen LogP contribution in [-0.2, 0) is 29.4 Å². The molecule has 2 aromatic rings. The summed E-state index contributed by atoms with van der Waals surface area (Å²) >= 11 is 8.67. The Morgan fingerprint density at radius 3 is 2.57 bits per heavy atom. The lowest BCUT2D eigenvalue weighted by atomic mass is 10.2. The molecular formula is C17H25ClNO5PS3. The molecule has 1 heterocycles. The normalized spacial score (nSPS) is 12.7. The SMILES string of the molecule is CCOP(=O)(CNS(=O)(=O)c1cc2cc(CSCCCCl)ccc2s1)OCC. The molecule has 1 N–H and O–H groups in total. The van der Waals surface area contributed by atoms with Gasteiger partial charge in [-0.25, -0.2) is 8.42 Å². The van der Waals surface area contributed by atoms with Gasteiger partial charge in [0.2, 0.25) is 0 Å². The van der Waals surface area contributed by atoms with E-state index in [4.69, 9.17) is 20.6 Å². The van der Waals surface area contributed by atoms with Gasteiger partial charge in [0.15, 0.2) is 0 Å². The minimum Gasteiger partial charge on any atom is -0.308 e. The summed E-state index contributed by atoms with van der Waals surface area (Å²) in [6.07, 6.45) is 0.571. The minimum absolute atomic E-state index is 0.174. The minimum atomic E-state index is -3.81. The van der Waals surface area contributed by atoms with E-state index in [1.165, 1.54) is 11.3 Å². The summed E-state index contributed by atoms with van der Waals surface area (Å²) in [5.74, 6) is 2.51. The summed E-state index contributed by atoms with van der Waals surface area (Å²) in [6, 6.07) is 7.59. The Labute approximate surface area is 179 Å². The van der Waals surface area contributed by atoms with Crippen LogP contribution < -0.4 is 4.72 Å². The molecule has 0 fully saturated rings. The fourth-order valence-electron chi connectivity index (χ4n) is 2.39. The molecule has 0 bridgehead atoms. The molecule has 1 aromatic carbocycles. The molecule has 11 heteroatoms. The van der Waals surface area contributed by atoms with Crippen molar-refractivity contribution in [3.8, 4) is 0 Å². The van der Waals surface area contributed by atoms with E-state index in [0.717, 1.165) is 33.6 Å². The Hall–Kier alpha value is -0.120. The van der Waals surface area contributed by atoms with Gasteiger partial charge >= 0.3 is 7.60 Å². The maximum absolute atomic E-state index is 12.6. The highest BCUT2D eigenvalue weighted by Gasteiger charge is 2.27. The highest BCUT2D eigenvalue weighted by atomic mass is 35.5. The van der Waals surface area contributed by atoms with Crippen LogP contribution in [0.1, 0.15) is 25.8 Å². The van der Waals surface area contributed by atoms with Crippen LogP contribution in [0.2, 0.25) is 0 Å². The number of fused-ring (bicyclic) bond motifs is 1. The van der Waals surface area contributed by atoms with Crippen molar-refractivity contribution in [3.63, 3.8) is 0 Å². The fourth-order valence-corrected chi connectivity index (χ4v) is 8.03. The van der Waals surface area contributed by atoms with E-state index in [0.29, 0.717) is 5.88 Å². The van der Waals surface area contributed by atoms with Gasteiger partial charge in [0.1, 0.15) is 10.5 Å². The predicted molar refractivity (Wildman–Crippen MR) is 119 cm³/mol. The summed E-state index contributed by atoms with van der Waals surface area (Å²) in [4.78, 5) is 0. The van der Waals surface area contributed by atoms with Gasteiger partial charge in [0.05, 0.1) is 13.2 Å². The van der Waals surface area contributed by atoms with Crippen LogP contribution >= 0.6 is 42.3 Å². The second-order valence-electron chi connectivity index (χ2n) is 5.79. The monoisotopic (exact) mass is 485 g/mol. The second kappa shape index (κ2) is 11.3. The Balaban J connectivity index is 2.11. The van der Waals surface area contributed by atoms with Crippen LogP contribution in [0.15, 0.2) is 28.5 Å². The number of nitrogens with one attached hydrogen (secondary N) is 1. The lowest BCUT2D eigenvalue weighted by Gasteiger charge is -2.17. The Bertz CT molecular complexity index is 909. The van der Waals surface area contributed by atoms with Crippen molar-refractivity contribution in [2.45, 2.75) is 30.2 Å². The van der Waals surface area contributed by atoms with E-state index >= 15 is 0 Å².